The van der Waals surface area contributed by atoms with Gasteiger partial charge in [-0.25, -0.2) is 4.98 Å². The van der Waals surface area contributed by atoms with Crippen molar-refractivity contribution in [1.29, 1.82) is 10.5 Å². The SMILES string of the molecule is CS(=O)(=O)O.Cc1c(N=Nc2ccc(N=Nc3sc(N=Nc4ccc(OCCCS(=O)(=O)O)cc4S(=O)(=O)O)c(-c4ccc5c(Br)c(CO)ccc5c4)c3C#N)c3ccccc23)c(O)n2c(nc3ccccc32)c1C#N.O=S(=O)=O. The number of aromatic nitrogens is 2. The summed E-state index contributed by atoms with van der Waals surface area (Å²) in [6.45, 7) is 1.25. The minimum Gasteiger partial charge on any atom is -0.494 e. The van der Waals surface area contributed by atoms with Crippen molar-refractivity contribution in [2.45, 2.75) is 24.8 Å². The molecular weight excluding hydrogens is 1210 g/mol. The van der Waals surface area contributed by atoms with Gasteiger partial charge < -0.3 is 14.9 Å². The van der Waals surface area contributed by atoms with Gasteiger partial charge >= 0.3 is 10.6 Å². The van der Waals surface area contributed by atoms with Gasteiger partial charge in [0, 0.05) is 32.4 Å². The maximum Gasteiger partial charge on any atom is 0.425 e. The Morgan fingerprint density at radius 3 is 1.94 bits per heavy atom. The maximum absolute atomic E-state index is 12.6. The minimum absolute atomic E-state index is 0.0432. The van der Waals surface area contributed by atoms with Gasteiger partial charge in [-0.2, -0.15) is 35.8 Å². The predicted molar refractivity (Wildman–Crippen MR) is 296 cm³/mol. The Kier molecular flexibility index (Phi) is 18.4. The van der Waals surface area contributed by atoms with E-state index in [2.05, 4.69) is 63.7 Å². The van der Waals surface area contributed by atoms with Crippen LogP contribution in [0.4, 0.5) is 32.8 Å². The Morgan fingerprint density at radius 2 is 1.32 bits per heavy atom. The molecule has 0 fully saturated rings. The van der Waals surface area contributed by atoms with Crippen LogP contribution < -0.4 is 4.74 Å². The first-order valence-corrected chi connectivity index (χ1v) is 29.9. The zero-order chi connectivity index (χ0) is 58.3. The fourth-order valence-corrected chi connectivity index (χ4v) is 10.5. The van der Waals surface area contributed by atoms with E-state index in [0.717, 1.165) is 28.2 Å². The Bertz CT molecular complexity index is 4600. The quantitative estimate of drug-likeness (QED) is 0.0383. The topological polar surface area (TPSA) is 403 Å². The van der Waals surface area contributed by atoms with Gasteiger partial charge in [-0.05, 0) is 93.6 Å². The molecule has 0 aliphatic heterocycles. The number of hydrogen-bond donors (Lipinski definition) is 5. The van der Waals surface area contributed by atoms with Crippen molar-refractivity contribution in [2.24, 2.45) is 30.7 Å². The highest BCUT2D eigenvalue weighted by atomic mass is 79.9. The summed E-state index contributed by atoms with van der Waals surface area (Å²) in [7, 11) is -16.0. The Labute approximate surface area is 467 Å². The summed E-state index contributed by atoms with van der Waals surface area (Å²) in [5.41, 5.74) is 4.16. The number of benzene rings is 6. The van der Waals surface area contributed by atoms with Gasteiger partial charge in [-0.3, -0.25) is 18.1 Å². The van der Waals surface area contributed by atoms with Crippen LogP contribution in [0.5, 0.6) is 11.6 Å². The van der Waals surface area contributed by atoms with E-state index in [1.54, 1.807) is 85.8 Å². The number of nitriles is 2. The van der Waals surface area contributed by atoms with Crippen LogP contribution in [0.2, 0.25) is 0 Å². The summed E-state index contributed by atoms with van der Waals surface area (Å²) in [5, 5.41) is 71.9. The molecule has 3 aromatic heterocycles. The van der Waals surface area contributed by atoms with Gasteiger partial charge in [-0.15, -0.1) is 43.3 Å². The molecule has 0 aliphatic carbocycles. The summed E-state index contributed by atoms with van der Waals surface area (Å²) >= 11 is 4.50. The molecule has 0 bridgehead atoms. The Balaban J connectivity index is 0.000000954. The van der Waals surface area contributed by atoms with Crippen molar-refractivity contribution in [1.82, 2.24) is 9.38 Å². The third kappa shape index (κ3) is 14.1. The monoisotopic (exact) mass is 1240 g/mol. The molecule has 6 aromatic carbocycles. The minimum atomic E-state index is -4.93. The molecule has 3 heterocycles. The molecule has 0 amide bonds. The number of imidazole rings is 1. The highest BCUT2D eigenvalue weighted by Gasteiger charge is 2.24. The van der Waals surface area contributed by atoms with Crippen LogP contribution in [0, 0.1) is 29.6 Å². The van der Waals surface area contributed by atoms with Crippen LogP contribution in [-0.2, 0) is 47.6 Å². The summed E-state index contributed by atoms with van der Waals surface area (Å²) in [6.07, 6.45) is 0.610. The summed E-state index contributed by atoms with van der Waals surface area (Å²) in [4.78, 5) is 3.89. The molecule has 25 nitrogen and oxygen atoms in total. The molecule has 0 atom stereocenters. The molecule has 0 radical (unpaired) electrons. The molecule has 80 heavy (non-hydrogen) atoms. The van der Waals surface area contributed by atoms with Crippen molar-refractivity contribution in [2.75, 3.05) is 18.6 Å². The first kappa shape index (κ1) is 59.3. The lowest BCUT2D eigenvalue weighted by molar-refractivity contribution is 0.281. The van der Waals surface area contributed by atoms with Crippen molar-refractivity contribution < 1.29 is 66.5 Å². The average Bonchev–Trinajstić information content (AvgIpc) is 3.96. The van der Waals surface area contributed by atoms with E-state index in [9.17, 15) is 50.5 Å². The van der Waals surface area contributed by atoms with E-state index in [-0.39, 0.29) is 75.0 Å². The van der Waals surface area contributed by atoms with Gasteiger partial charge in [0.05, 0.1) is 47.6 Å². The summed E-state index contributed by atoms with van der Waals surface area (Å²) in [6, 6.07) is 34.5. The number of thiophene rings is 1. The highest BCUT2D eigenvalue weighted by Crippen LogP contribution is 2.49. The Morgan fingerprint density at radius 1 is 0.738 bits per heavy atom. The fraction of sp³-hybridized carbons (Fsp3) is 0.122. The van der Waals surface area contributed by atoms with Gasteiger partial charge in [0.1, 0.15) is 44.6 Å². The third-order valence-corrected chi connectivity index (χ3v) is 14.8. The fourth-order valence-electron chi connectivity index (χ4n) is 7.80. The molecule has 0 spiro atoms. The largest absolute Gasteiger partial charge is 0.494 e. The maximum atomic E-state index is 12.6. The van der Waals surface area contributed by atoms with Crippen LogP contribution >= 0.6 is 27.3 Å². The molecule has 9 aromatic rings. The molecular formula is C49H37BrN10O15S5. The first-order valence-electron chi connectivity index (χ1n) is 22.4. The lowest BCUT2D eigenvalue weighted by atomic mass is 9.99. The van der Waals surface area contributed by atoms with Gasteiger partial charge in [-0.1, -0.05) is 72.0 Å². The van der Waals surface area contributed by atoms with Crippen LogP contribution in [0.3, 0.4) is 0 Å². The van der Waals surface area contributed by atoms with Crippen molar-refractivity contribution in [3.05, 3.63) is 136 Å². The molecule has 31 heteroatoms. The standard InChI is InChI=1S/C48H33BrN10O9S3.CH4O3S.O3S/c1-26-34(23-50)45-52-38-9-4-5-10-40(38)59(45)48(61)44(26)56-53-36-17-18-37(33-8-3-2-7-32(33)36)54-57-46-35(24-51)42(28-13-15-31-27(21-28)11-12-29(25-60)43(31)49)47(69-46)58-55-39-16-14-30(22-41(39)71(65,66)67)68-19-6-20-70(62,63)64;1-5(2,3)4;1-4(2)3/h2-5,7-18,21-22,60-61H,6,19-20,25H2,1H3,(H,62,63,64)(H,65,66,67);1H3,(H,2,3,4);. The number of rotatable bonds is 14. The third-order valence-electron chi connectivity index (χ3n) is 11.2. The second-order valence-electron chi connectivity index (χ2n) is 16.5. The number of ether oxygens (including phenoxy) is 1. The number of aliphatic hydroxyl groups is 1. The number of azo groups is 3. The number of fused-ring (bicyclic) bond motifs is 5. The zero-order valence-electron chi connectivity index (χ0n) is 40.9. The van der Waals surface area contributed by atoms with Crippen molar-refractivity contribution >= 4 is 139 Å². The lowest BCUT2D eigenvalue weighted by Gasteiger charge is -2.09. The van der Waals surface area contributed by atoms with Gasteiger partial charge in [0.2, 0.25) is 5.88 Å². The van der Waals surface area contributed by atoms with Crippen LogP contribution in [-0.4, -0.2) is 89.8 Å². The number of hydrogen-bond acceptors (Lipinski definition) is 22. The molecule has 0 saturated heterocycles. The van der Waals surface area contributed by atoms with Gasteiger partial charge in [0.15, 0.2) is 16.3 Å². The number of nitrogens with zero attached hydrogens (tertiary/aromatic N) is 10. The van der Waals surface area contributed by atoms with Crippen LogP contribution in [0.15, 0.2) is 149 Å². The molecule has 5 N–H and O–H groups in total. The second-order valence-corrected chi connectivity index (χ2v) is 23.1. The number of pyridine rings is 1. The average molecular weight is 1250 g/mol. The first-order chi connectivity index (χ1) is 37.8. The van der Waals surface area contributed by atoms with Crippen molar-refractivity contribution in [3.63, 3.8) is 0 Å². The molecule has 9 rings (SSSR count). The summed E-state index contributed by atoms with van der Waals surface area (Å²) < 4.78 is 125. The van der Waals surface area contributed by atoms with E-state index in [0.29, 0.717) is 60.6 Å². The summed E-state index contributed by atoms with van der Waals surface area (Å²) in [5.74, 6) is -0.872. The lowest BCUT2D eigenvalue weighted by Crippen LogP contribution is -2.08. The van der Waals surface area contributed by atoms with E-state index in [1.165, 1.54) is 16.5 Å². The van der Waals surface area contributed by atoms with E-state index in [1.807, 2.05) is 12.1 Å². The van der Waals surface area contributed by atoms with Crippen LogP contribution in [0.25, 0.3) is 49.4 Å². The number of aliphatic hydroxyl groups excluding tert-OH is 1. The molecule has 0 unspecified atom stereocenters. The molecule has 0 saturated carbocycles. The number of para-hydroxylation sites is 2. The molecule has 410 valence electrons. The van der Waals surface area contributed by atoms with E-state index in [4.69, 9.17) is 26.5 Å². The van der Waals surface area contributed by atoms with E-state index < -0.39 is 51.6 Å². The normalized spacial score (nSPS) is 12.0. The van der Waals surface area contributed by atoms with Crippen LogP contribution in [0.1, 0.15) is 28.7 Å². The van der Waals surface area contributed by atoms with Crippen molar-refractivity contribution in [3.8, 4) is 34.9 Å². The molecule has 0 aliphatic rings. The zero-order valence-corrected chi connectivity index (χ0v) is 46.6. The van der Waals surface area contributed by atoms with Gasteiger partial charge in [0.25, 0.3) is 30.4 Å². The predicted octanol–water partition coefficient (Wildman–Crippen LogP) is 11.2. The Hall–Kier alpha value is -8.34. The number of halogens is 1. The van der Waals surface area contributed by atoms with E-state index >= 15 is 0 Å². The number of aromatic hydroxyl groups is 1. The smallest absolute Gasteiger partial charge is 0.425 e. The second kappa shape index (κ2) is 24.8. The highest BCUT2D eigenvalue weighted by molar-refractivity contribution is 9.10.